The van der Waals surface area contributed by atoms with E-state index in [0.29, 0.717) is 22.9 Å². The van der Waals surface area contributed by atoms with Crippen LogP contribution in [0.2, 0.25) is 0 Å². The average molecular weight is 292 g/mol. The zero-order valence-corrected chi connectivity index (χ0v) is 12.4. The molecule has 0 aliphatic heterocycles. The van der Waals surface area contributed by atoms with Crippen LogP contribution >= 0.6 is 11.8 Å². The maximum Gasteiger partial charge on any atom is 0.340 e. The van der Waals surface area contributed by atoms with Gasteiger partial charge in [-0.05, 0) is 37.7 Å². The fourth-order valence-corrected chi connectivity index (χ4v) is 2.64. The highest BCUT2D eigenvalue weighted by Gasteiger charge is 2.16. The summed E-state index contributed by atoms with van der Waals surface area (Å²) in [4.78, 5) is 16.0. The summed E-state index contributed by atoms with van der Waals surface area (Å²) in [6.07, 6.45) is 1.55. The summed E-state index contributed by atoms with van der Waals surface area (Å²) in [7, 11) is 1.85. The number of carbonyl (C=O) groups is 1. The van der Waals surface area contributed by atoms with Crippen molar-refractivity contribution in [3.63, 3.8) is 0 Å². The molecule has 106 valence electrons. The van der Waals surface area contributed by atoms with Gasteiger partial charge in [0.25, 0.3) is 0 Å². The molecule has 0 bridgehead atoms. The summed E-state index contributed by atoms with van der Waals surface area (Å²) in [5.74, 6) is -0.435. The zero-order valence-electron chi connectivity index (χ0n) is 11.6. The minimum atomic E-state index is -0.435. The molecule has 0 saturated heterocycles. The predicted octanol–water partition coefficient (Wildman–Crippen LogP) is 2.03. The molecular weight excluding hydrogens is 276 g/mol. The normalized spacial score (nSPS) is 10.6. The molecule has 2 heterocycles. The van der Waals surface area contributed by atoms with Crippen molar-refractivity contribution in [2.45, 2.75) is 23.9 Å². The lowest BCUT2D eigenvalue weighted by molar-refractivity contribution is 0.0527. The second-order valence-corrected chi connectivity index (χ2v) is 5.16. The number of ether oxygens (including phenoxy) is 1. The van der Waals surface area contributed by atoms with Gasteiger partial charge in [-0.25, -0.2) is 9.78 Å². The third-order valence-electron chi connectivity index (χ3n) is 2.61. The van der Waals surface area contributed by atoms with E-state index in [4.69, 9.17) is 10.5 Å². The largest absolute Gasteiger partial charge is 0.462 e. The molecule has 0 saturated carbocycles. The zero-order chi connectivity index (χ0) is 14.7. The maximum atomic E-state index is 11.8. The van der Waals surface area contributed by atoms with Gasteiger partial charge in [0.15, 0.2) is 0 Å². The van der Waals surface area contributed by atoms with Gasteiger partial charge in [0.1, 0.15) is 10.1 Å². The van der Waals surface area contributed by atoms with Crippen LogP contribution in [0.25, 0.3) is 0 Å². The minimum Gasteiger partial charge on any atom is -0.462 e. The van der Waals surface area contributed by atoms with Gasteiger partial charge in [-0.15, -0.1) is 0 Å². The molecule has 2 N–H and O–H groups in total. The number of nitrogen functional groups attached to an aromatic ring is 1. The van der Waals surface area contributed by atoms with Gasteiger partial charge in [0.2, 0.25) is 0 Å². The predicted molar refractivity (Wildman–Crippen MR) is 76.7 cm³/mol. The third-order valence-corrected chi connectivity index (χ3v) is 3.72. The molecule has 7 heteroatoms. The third kappa shape index (κ3) is 2.93. The first-order valence-electron chi connectivity index (χ1n) is 6.13. The molecule has 0 unspecified atom stereocenters. The van der Waals surface area contributed by atoms with Crippen LogP contribution < -0.4 is 5.73 Å². The average Bonchev–Trinajstić information content (AvgIpc) is 2.70. The SMILES string of the molecule is CCOC(=O)c1ccnc(Sc2cc(C)nn2C)c1N. The number of aromatic nitrogens is 3. The van der Waals surface area contributed by atoms with Crippen LogP contribution in [-0.2, 0) is 11.8 Å². The Balaban J connectivity index is 2.31. The Bertz CT molecular complexity index is 639. The molecule has 0 radical (unpaired) electrons. The van der Waals surface area contributed by atoms with Gasteiger partial charge in [0, 0.05) is 13.2 Å². The number of aryl methyl sites for hydroxylation is 2. The summed E-state index contributed by atoms with van der Waals surface area (Å²) in [6.45, 7) is 3.98. The van der Waals surface area contributed by atoms with E-state index in [2.05, 4.69) is 10.1 Å². The van der Waals surface area contributed by atoms with Crippen molar-refractivity contribution in [2.75, 3.05) is 12.3 Å². The lowest BCUT2D eigenvalue weighted by Gasteiger charge is -2.08. The Hall–Kier alpha value is -2.02. The quantitative estimate of drug-likeness (QED) is 0.868. The Morgan fingerprint density at radius 3 is 2.90 bits per heavy atom. The molecule has 0 amide bonds. The fourth-order valence-electron chi connectivity index (χ4n) is 1.70. The number of hydrogen-bond donors (Lipinski definition) is 1. The van der Waals surface area contributed by atoms with Gasteiger partial charge in [-0.1, -0.05) is 0 Å². The highest BCUT2D eigenvalue weighted by molar-refractivity contribution is 7.99. The molecule has 0 aromatic carbocycles. The van der Waals surface area contributed by atoms with E-state index in [0.717, 1.165) is 10.7 Å². The van der Waals surface area contributed by atoms with Gasteiger partial charge in [-0.3, -0.25) is 4.68 Å². The van der Waals surface area contributed by atoms with E-state index < -0.39 is 5.97 Å². The Labute approximate surface area is 121 Å². The topological polar surface area (TPSA) is 83.0 Å². The van der Waals surface area contributed by atoms with Gasteiger partial charge < -0.3 is 10.5 Å². The van der Waals surface area contributed by atoms with Gasteiger partial charge in [0.05, 0.1) is 23.6 Å². The monoisotopic (exact) mass is 292 g/mol. The first kappa shape index (κ1) is 14.4. The van der Waals surface area contributed by atoms with E-state index in [1.807, 2.05) is 20.0 Å². The molecule has 2 aromatic heterocycles. The molecule has 2 aromatic rings. The summed E-state index contributed by atoms with van der Waals surface area (Å²) < 4.78 is 6.72. The highest BCUT2D eigenvalue weighted by Crippen LogP contribution is 2.32. The smallest absolute Gasteiger partial charge is 0.340 e. The van der Waals surface area contributed by atoms with Crippen molar-refractivity contribution in [2.24, 2.45) is 7.05 Å². The minimum absolute atomic E-state index is 0.310. The number of anilines is 1. The second-order valence-electron chi connectivity index (χ2n) is 4.15. The van der Waals surface area contributed by atoms with Crippen LogP contribution in [0, 0.1) is 6.92 Å². The standard InChI is InChI=1S/C13H16N4O2S/c1-4-19-13(18)9-5-6-15-12(11(9)14)20-10-7-8(2)16-17(10)3/h5-7H,4,14H2,1-3H3. The molecule has 0 atom stereocenters. The van der Waals surface area contributed by atoms with Crippen molar-refractivity contribution < 1.29 is 9.53 Å². The molecule has 20 heavy (non-hydrogen) atoms. The first-order valence-corrected chi connectivity index (χ1v) is 6.94. The fraction of sp³-hybridized carbons (Fsp3) is 0.308. The summed E-state index contributed by atoms with van der Waals surface area (Å²) in [6, 6.07) is 3.49. The summed E-state index contributed by atoms with van der Waals surface area (Å²) in [5.41, 5.74) is 7.58. The van der Waals surface area contributed by atoms with Crippen LogP contribution in [-0.4, -0.2) is 27.3 Å². The Kier molecular flexibility index (Phi) is 4.29. The number of esters is 1. The number of nitrogens with two attached hydrogens (primary N) is 1. The number of rotatable bonds is 4. The molecular formula is C13H16N4O2S. The summed E-state index contributed by atoms with van der Waals surface area (Å²) >= 11 is 1.37. The van der Waals surface area contributed by atoms with Crippen LogP contribution in [0.4, 0.5) is 5.69 Å². The van der Waals surface area contributed by atoms with Crippen LogP contribution in [0.1, 0.15) is 23.0 Å². The van der Waals surface area contributed by atoms with Crippen molar-refractivity contribution in [1.29, 1.82) is 0 Å². The van der Waals surface area contributed by atoms with Crippen molar-refractivity contribution >= 4 is 23.4 Å². The van der Waals surface area contributed by atoms with Gasteiger partial charge in [-0.2, -0.15) is 5.10 Å². The Morgan fingerprint density at radius 2 is 2.30 bits per heavy atom. The van der Waals surface area contributed by atoms with Crippen LogP contribution in [0.15, 0.2) is 28.4 Å². The van der Waals surface area contributed by atoms with E-state index >= 15 is 0 Å². The lowest BCUT2D eigenvalue weighted by Crippen LogP contribution is -2.09. The molecule has 0 fully saturated rings. The van der Waals surface area contributed by atoms with Crippen molar-refractivity contribution in [3.8, 4) is 0 Å². The number of hydrogen-bond acceptors (Lipinski definition) is 6. The number of nitrogens with zero attached hydrogens (tertiary/aromatic N) is 3. The Morgan fingerprint density at radius 1 is 1.55 bits per heavy atom. The first-order chi connectivity index (χ1) is 9.52. The van der Waals surface area contributed by atoms with Crippen LogP contribution in [0.3, 0.4) is 0 Å². The van der Waals surface area contributed by atoms with E-state index in [1.165, 1.54) is 11.8 Å². The number of pyridine rings is 1. The number of carbonyl (C=O) groups excluding carboxylic acids is 1. The molecule has 0 aliphatic carbocycles. The lowest BCUT2D eigenvalue weighted by atomic mass is 10.2. The van der Waals surface area contributed by atoms with E-state index in [1.54, 1.807) is 23.9 Å². The van der Waals surface area contributed by atoms with Crippen molar-refractivity contribution in [3.05, 3.63) is 29.6 Å². The highest BCUT2D eigenvalue weighted by atomic mass is 32.2. The molecule has 0 aliphatic rings. The summed E-state index contributed by atoms with van der Waals surface area (Å²) in [5, 5.41) is 5.73. The van der Waals surface area contributed by atoms with E-state index in [-0.39, 0.29) is 0 Å². The van der Waals surface area contributed by atoms with Crippen LogP contribution in [0.5, 0.6) is 0 Å². The van der Waals surface area contributed by atoms with E-state index in [9.17, 15) is 4.79 Å². The van der Waals surface area contributed by atoms with Crippen molar-refractivity contribution in [1.82, 2.24) is 14.8 Å². The molecule has 0 spiro atoms. The second kappa shape index (κ2) is 5.96. The maximum absolute atomic E-state index is 11.8. The molecule has 2 rings (SSSR count). The van der Waals surface area contributed by atoms with Gasteiger partial charge >= 0.3 is 5.97 Å². The molecule has 6 nitrogen and oxygen atoms in total.